The lowest BCUT2D eigenvalue weighted by Crippen LogP contribution is -2.56. The van der Waals surface area contributed by atoms with Crippen LogP contribution in [0.1, 0.15) is 48.9 Å². The Kier molecular flexibility index (Phi) is 6.61. The van der Waals surface area contributed by atoms with Crippen molar-refractivity contribution in [2.45, 2.75) is 44.6 Å². The Hall–Kier alpha value is -3.55. The van der Waals surface area contributed by atoms with Crippen LogP contribution >= 0.6 is 0 Å². The summed E-state index contributed by atoms with van der Waals surface area (Å²) < 4.78 is 5.34. The van der Waals surface area contributed by atoms with E-state index in [9.17, 15) is 14.4 Å². The van der Waals surface area contributed by atoms with Gasteiger partial charge >= 0.3 is 0 Å². The quantitative estimate of drug-likeness (QED) is 0.712. The molecule has 3 aliphatic heterocycles. The first kappa shape index (κ1) is 23.2. The second kappa shape index (κ2) is 9.98. The average Bonchev–Trinajstić information content (AvgIpc) is 2.91. The van der Waals surface area contributed by atoms with E-state index in [4.69, 9.17) is 4.74 Å². The van der Waals surface area contributed by atoms with Gasteiger partial charge in [-0.1, -0.05) is 12.1 Å². The molecule has 2 fully saturated rings. The lowest BCUT2D eigenvalue weighted by molar-refractivity contribution is -0.123. The molecule has 2 aromatic carbocycles. The highest BCUT2D eigenvalue weighted by Gasteiger charge is 2.40. The predicted molar refractivity (Wildman–Crippen MR) is 135 cm³/mol. The number of anilines is 3. The van der Waals surface area contributed by atoms with Crippen molar-refractivity contribution in [2.75, 3.05) is 48.4 Å². The number of piperidine rings is 2. The average molecular weight is 477 g/mol. The number of carbonyl (C=O) groups excluding carboxylic acids is 3. The number of ether oxygens (including phenoxy) is 1. The fourth-order valence-corrected chi connectivity index (χ4v) is 5.41. The van der Waals surface area contributed by atoms with E-state index in [1.807, 2.05) is 29.2 Å². The van der Waals surface area contributed by atoms with E-state index in [0.29, 0.717) is 22.7 Å². The van der Waals surface area contributed by atoms with Gasteiger partial charge in [0.05, 0.1) is 24.2 Å². The van der Waals surface area contributed by atoms with Crippen molar-refractivity contribution in [2.24, 2.45) is 0 Å². The molecular formula is C27H32N4O4. The Morgan fingerprint density at radius 2 is 1.74 bits per heavy atom. The highest BCUT2D eigenvalue weighted by Crippen LogP contribution is 2.40. The molecule has 0 radical (unpaired) electrons. The maximum Gasteiger partial charge on any atom is 0.253 e. The zero-order chi connectivity index (χ0) is 24.4. The Morgan fingerprint density at radius 3 is 2.54 bits per heavy atom. The second-order valence-corrected chi connectivity index (χ2v) is 9.43. The molecule has 1 N–H and O–H groups in total. The van der Waals surface area contributed by atoms with E-state index in [2.05, 4.69) is 10.2 Å². The molecule has 3 aliphatic rings. The molecule has 0 aliphatic carbocycles. The fourth-order valence-electron chi connectivity index (χ4n) is 5.41. The minimum absolute atomic E-state index is 0.0147. The summed E-state index contributed by atoms with van der Waals surface area (Å²) in [6.07, 6.45) is 5.94. The van der Waals surface area contributed by atoms with Crippen LogP contribution in [-0.4, -0.2) is 62.0 Å². The van der Waals surface area contributed by atoms with Crippen LogP contribution in [0.25, 0.3) is 0 Å². The van der Waals surface area contributed by atoms with Crippen LogP contribution in [0.2, 0.25) is 0 Å². The molecule has 3 heterocycles. The van der Waals surface area contributed by atoms with Crippen LogP contribution < -0.4 is 19.9 Å². The molecule has 2 saturated heterocycles. The van der Waals surface area contributed by atoms with Crippen LogP contribution in [0.3, 0.4) is 0 Å². The lowest BCUT2D eigenvalue weighted by atomic mass is 9.95. The lowest BCUT2D eigenvalue weighted by Gasteiger charge is -2.45. The van der Waals surface area contributed by atoms with E-state index in [0.717, 1.165) is 63.8 Å². The van der Waals surface area contributed by atoms with E-state index in [1.54, 1.807) is 30.2 Å². The molecule has 0 spiro atoms. The van der Waals surface area contributed by atoms with Crippen molar-refractivity contribution >= 4 is 34.8 Å². The predicted octanol–water partition coefficient (Wildman–Crippen LogP) is 3.67. The van der Waals surface area contributed by atoms with Gasteiger partial charge in [-0.25, -0.2) is 0 Å². The summed E-state index contributed by atoms with van der Waals surface area (Å²) >= 11 is 0. The normalized spacial score (nSPS) is 19.6. The summed E-state index contributed by atoms with van der Waals surface area (Å²) in [5, 5.41) is 2.87. The summed E-state index contributed by atoms with van der Waals surface area (Å²) in [4.78, 5) is 45.5. The van der Waals surface area contributed by atoms with Gasteiger partial charge in [0.15, 0.2) is 0 Å². The molecule has 0 aromatic heterocycles. The Morgan fingerprint density at radius 1 is 0.971 bits per heavy atom. The zero-order valence-corrected chi connectivity index (χ0v) is 20.2. The van der Waals surface area contributed by atoms with Crippen molar-refractivity contribution in [1.82, 2.24) is 4.90 Å². The van der Waals surface area contributed by atoms with Gasteiger partial charge in [0.1, 0.15) is 18.3 Å². The number of nitrogens with one attached hydrogen (secondary N) is 1. The third-order valence-electron chi connectivity index (χ3n) is 7.20. The fraction of sp³-hybridized carbons (Fsp3) is 0.444. The minimum atomic E-state index is -0.314. The molecular weight excluding hydrogens is 444 g/mol. The largest absolute Gasteiger partial charge is 0.495 e. The van der Waals surface area contributed by atoms with Crippen LogP contribution in [-0.2, 0) is 9.59 Å². The first-order valence-electron chi connectivity index (χ1n) is 12.5. The summed E-state index contributed by atoms with van der Waals surface area (Å²) in [6.45, 7) is 2.18. The van der Waals surface area contributed by atoms with E-state index in [1.165, 1.54) is 0 Å². The zero-order valence-electron chi connectivity index (χ0n) is 20.2. The maximum atomic E-state index is 13.6. The smallest absolute Gasteiger partial charge is 0.253 e. The Labute approximate surface area is 205 Å². The number of amides is 3. The number of fused-ring (bicyclic) bond motifs is 3. The molecule has 8 heteroatoms. The maximum absolute atomic E-state index is 13.6. The monoisotopic (exact) mass is 476 g/mol. The van der Waals surface area contributed by atoms with Gasteiger partial charge in [0.25, 0.3) is 5.91 Å². The van der Waals surface area contributed by atoms with E-state index in [-0.39, 0.29) is 30.3 Å². The first-order chi connectivity index (χ1) is 17.1. The van der Waals surface area contributed by atoms with Gasteiger partial charge in [-0.05, 0) is 68.9 Å². The van der Waals surface area contributed by atoms with Crippen LogP contribution in [0.4, 0.5) is 17.1 Å². The number of methoxy groups -OCH3 is 1. The molecule has 8 nitrogen and oxygen atoms in total. The number of benzene rings is 2. The van der Waals surface area contributed by atoms with Crippen LogP contribution in [0.15, 0.2) is 42.5 Å². The number of para-hydroxylation sites is 2. The summed E-state index contributed by atoms with van der Waals surface area (Å²) in [7, 11) is 1.55. The van der Waals surface area contributed by atoms with Crippen molar-refractivity contribution < 1.29 is 19.1 Å². The number of rotatable bonds is 5. The number of nitrogens with zero attached hydrogens (tertiary/aromatic N) is 3. The molecule has 0 saturated carbocycles. The SMILES string of the molecule is COc1ccccc1NC(=O)CN1C(=O)C2CCCCN2c2ccc(C(=O)N3CCCCC3)cc21. The van der Waals surface area contributed by atoms with Crippen molar-refractivity contribution in [3.63, 3.8) is 0 Å². The third-order valence-corrected chi connectivity index (χ3v) is 7.20. The number of hydrogen-bond donors (Lipinski definition) is 1. The molecule has 2 aromatic rings. The van der Waals surface area contributed by atoms with Crippen molar-refractivity contribution in [3.8, 4) is 5.75 Å². The van der Waals surface area contributed by atoms with Crippen molar-refractivity contribution in [3.05, 3.63) is 48.0 Å². The summed E-state index contributed by atoms with van der Waals surface area (Å²) in [6, 6.07) is 12.5. The van der Waals surface area contributed by atoms with E-state index >= 15 is 0 Å². The van der Waals surface area contributed by atoms with Crippen LogP contribution in [0, 0.1) is 0 Å². The molecule has 184 valence electrons. The molecule has 1 atom stereocenters. The van der Waals surface area contributed by atoms with Gasteiger partial charge in [-0.2, -0.15) is 0 Å². The number of carbonyl (C=O) groups is 3. The second-order valence-electron chi connectivity index (χ2n) is 9.43. The van der Waals surface area contributed by atoms with Gasteiger partial charge in [0.2, 0.25) is 11.8 Å². The number of likely N-dealkylation sites (tertiary alicyclic amines) is 1. The molecule has 35 heavy (non-hydrogen) atoms. The molecule has 1 unspecified atom stereocenters. The Bertz CT molecular complexity index is 1130. The summed E-state index contributed by atoms with van der Waals surface area (Å²) in [5.41, 5.74) is 2.66. The van der Waals surface area contributed by atoms with E-state index < -0.39 is 0 Å². The number of hydrogen-bond acceptors (Lipinski definition) is 5. The topological polar surface area (TPSA) is 82.2 Å². The highest BCUT2D eigenvalue weighted by molar-refractivity contribution is 6.11. The van der Waals surface area contributed by atoms with Gasteiger partial charge in [-0.15, -0.1) is 0 Å². The molecule has 5 rings (SSSR count). The van der Waals surface area contributed by atoms with Gasteiger partial charge in [-0.3, -0.25) is 19.3 Å². The van der Waals surface area contributed by atoms with Crippen molar-refractivity contribution in [1.29, 1.82) is 0 Å². The van der Waals surface area contributed by atoms with Crippen LogP contribution in [0.5, 0.6) is 5.75 Å². The first-order valence-corrected chi connectivity index (χ1v) is 12.5. The molecule has 3 amide bonds. The van der Waals surface area contributed by atoms with Gasteiger partial charge in [0, 0.05) is 25.2 Å². The standard InChI is InChI=1S/C27H32N4O4/c1-35-24-11-4-3-9-20(24)28-25(32)18-31-23-17-19(26(33)29-14-6-2-7-15-29)12-13-21(23)30-16-8-5-10-22(30)27(31)34/h3-4,9,11-13,17,22H,2,5-8,10,14-16,18H2,1H3,(H,28,32). The summed E-state index contributed by atoms with van der Waals surface area (Å²) in [5.74, 6) is 0.138. The highest BCUT2D eigenvalue weighted by atomic mass is 16.5. The third kappa shape index (κ3) is 4.57. The van der Waals surface area contributed by atoms with Gasteiger partial charge < -0.3 is 19.9 Å². The molecule has 0 bridgehead atoms. The minimum Gasteiger partial charge on any atom is -0.495 e. The Balaban J connectivity index is 1.45.